The van der Waals surface area contributed by atoms with Crippen molar-refractivity contribution in [2.24, 2.45) is 5.73 Å². The second kappa shape index (κ2) is 4.99. The van der Waals surface area contributed by atoms with Crippen LogP contribution in [0, 0.1) is 0 Å². The van der Waals surface area contributed by atoms with Crippen LogP contribution < -0.4 is 5.73 Å². The zero-order valence-corrected chi connectivity index (χ0v) is 4.75. The van der Waals surface area contributed by atoms with E-state index in [1.165, 1.54) is 0 Å². The van der Waals surface area contributed by atoms with Gasteiger partial charge in [0.05, 0.1) is 6.54 Å². The number of unbranched alkanes of at least 4 members (excludes halogenated alkanes) is 1. The first kappa shape index (κ1) is 7.84. The summed E-state index contributed by atoms with van der Waals surface area (Å²) in [4.78, 5) is 0. The van der Waals surface area contributed by atoms with Crippen LogP contribution in [-0.2, 0) is 0 Å². The number of hydrogen-bond acceptors (Lipinski definition) is 4. The van der Waals surface area contributed by atoms with Gasteiger partial charge in [-0.25, -0.2) is 0 Å². The van der Waals surface area contributed by atoms with Gasteiger partial charge in [-0.3, -0.25) is 10.4 Å². The summed E-state index contributed by atoms with van der Waals surface area (Å²) in [5.41, 5.74) is 5.13. The average molecular weight is 120 g/mol. The van der Waals surface area contributed by atoms with Crippen molar-refractivity contribution < 1.29 is 10.4 Å². The first-order chi connectivity index (χ1) is 3.77. The van der Waals surface area contributed by atoms with Crippen molar-refractivity contribution in [2.75, 3.05) is 13.1 Å². The molecule has 0 aliphatic heterocycles. The lowest BCUT2D eigenvalue weighted by atomic mass is 10.3. The van der Waals surface area contributed by atoms with Gasteiger partial charge in [-0.1, -0.05) is 5.23 Å². The zero-order valence-electron chi connectivity index (χ0n) is 4.75. The molecular weight excluding hydrogens is 108 g/mol. The Labute approximate surface area is 48.4 Å². The van der Waals surface area contributed by atoms with Crippen molar-refractivity contribution in [3.63, 3.8) is 0 Å². The molecule has 4 N–H and O–H groups in total. The third kappa shape index (κ3) is 5.84. The van der Waals surface area contributed by atoms with Crippen LogP contribution in [0.5, 0.6) is 0 Å². The summed E-state index contributed by atoms with van der Waals surface area (Å²) < 4.78 is 0. The molecule has 0 unspecified atom stereocenters. The quantitative estimate of drug-likeness (QED) is 0.355. The molecule has 0 aromatic rings. The molecule has 4 nitrogen and oxygen atoms in total. The van der Waals surface area contributed by atoms with Gasteiger partial charge >= 0.3 is 0 Å². The fourth-order valence-corrected chi connectivity index (χ4v) is 0.398. The Bertz CT molecular complexity index is 49.3. The highest BCUT2D eigenvalue weighted by molar-refractivity contribution is 4.38. The van der Waals surface area contributed by atoms with Crippen LogP contribution in [0.3, 0.4) is 0 Å². The van der Waals surface area contributed by atoms with Gasteiger partial charge < -0.3 is 5.73 Å². The Hall–Kier alpha value is -0.160. The molecule has 0 amide bonds. The van der Waals surface area contributed by atoms with Gasteiger partial charge in [-0.2, -0.15) is 0 Å². The molecule has 0 radical (unpaired) electrons. The molecule has 0 aromatic heterocycles. The smallest absolute Gasteiger partial charge is 0.0513 e. The van der Waals surface area contributed by atoms with Crippen molar-refractivity contribution in [3.8, 4) is 0 Å². The number of rotatable bonds is 4. The molecule has 0 saturated heterocycles. The molecule has 8 heavy (non-hydrogen) atoms. The summed E-state index contributed by atoms with van der Waals surface area (Å²) in [7, 11) is 0. The summed E-state index contributed by atoms with van der Waals surface area (Å²) in [5, 5.41) is 16.4. The third-order valence-electron chi connectivity index (χ3n) is 0.812. The monoisotopic (exact) mass is 120 g/mol. The number of hydrogen-bond donors (Lipinski definition) is 3. The number of nitrogens with zero attached hydrogens (tertiary/aromatic N) is 1. The van der Waals surface area contributed by atoms with Crippen LogP contribution in [0.1, 0.15) is 12.8 Å². The molecule has 0 fully saturated rings. The summed E-state index contributed by atoms with van der Waals surface area (Å²) in [6.07, 6.45) is 1.56. The normalized spacial score (nSPS) is 10.5. The predicted octanol–water partition coefficient (Wildman–Crippen LogP) is -0.194. The van der Waals surface area contributed by atoms with Crippen LogP contribution in [-0.4, -0.2) is 28.7 Å². The van der Waals surface area contributed by atoms with Crippen molar-refractivity contribution >= 4 is 0 Å². The molecule has 0 atom stereocenters. The molecule has 0 aromatic carbocycles. The number of hydroxylamine groups is 2. The molecule has 0 aliphatic carbocycles. The van der Waals surface area contributed by atoms with E-state index < -0.39 is 0 Å². The van der Waals surface area contributed by atoms with Crippen LogP contribution in [0.15, 0.2) is 0 Å². The van der Waals surface area contributed by atoms with Gasteiger partial charge in [0, 0.05) is 0 Å². The molecule has 0 saturated carbocycles. The van der Waals surface area contributed by atoms with Gasteiger partial charge in [0.1, 0.15) is 0 Å². The highest BCUT2D eigenvalue weighted by atomic mass is 16.8. The van der Waals surface area contributed by atoms with Crippen LogP contribution >= 0.6 is 0 Å². The second-order valence-corrected chi connectivity index (χ2v) is 1.59. The molecule has 0 heterocycles. The molecule has 0 spiro atoms. The van der Waals surface area contributed by atoms with E-state index in [1.807, 2.05) is 0 Å². The van der Waals surface area contributed by atoms with Crippen LogP contribution in [0.4, 0.5) is 0 Å². The zero-order chi connectivity index (χ0) is 6.41. The van der Waals surface area contributed by atoms with E-state index in [9.17, 15) is 0 Å². The van der Waals surface area contributed by atoms with Crippen molar-refractivity contribution in [1.82, 2.24) is 5.23 Å². The molecule has 4 heteroatoms. The average Bonchev–Trinajstić information content (AvgIpc) is 1.66. The fourth-order valence-electron chi connectivity index (χ4n) is 0.398. The van der Waals surface area contributed by atoms with Crippen molar-refractivity contribution in [3.05, 3.63) is 0 Å². The minimum atomic E-state index is 0.176. The fraction of sp³-hybridized carbons (Fsp3) is 1.00. The summed E-state index contributed by atoms with van der Waals surface area (Å²) in [6, 6.07) is 0. The van der Waals surface area contributed by atoms with E-state index in [1.54, 1.807) is 0 Å². The maximum Gasteiger partial charge on any atom is 0.0513 e. The summed E-state index contributed by atoms with van der Waals surface area (Å²) in [5.74, 6) is 0. The lowest BCUT2D eigenvalue weighted by Gasteiger charge is -2.02. The Morgan fingerprint density at radius 2 is 1.88 bits per heavy atom. The highest BCUT2D eigenvalue weighted by Crippen LogP contribution is 1.85. The van der Waals surface area contributed by atoms with E-state index in [0.29, 0.717) is 6.54 Å². The summed E-state index contributed by atoms with van der Waals surface area (Å²) in [6.45, 7) is 0.880. The molecule has 0 bridgehead atoms. The van der Waals surface area contributed by atoms with Gasteiger partial charge in [-0.05, 0) is 19.4 Å². The molecular formula is C4H12N2O2. The van der Waals surface area contributed by atoms with E-state index in [4.69, 9.17) is 16.1 Å². The Balaban J connectivity index is 2.72. The maximum atomic E-state index is 8.13. The topological polar surface area (TPSA) is 69.7 Å². The number of nitrogens with two attached hydrogens (primary N) is 1. The standard InChI is InChI=1S/C4H12N2O2/c5-3-1-2-4-6(7)8/h7-8H,1-5H2. The van der Waals surface area contributed by atoms with Gasteiger partial charge in [-0.15, -0.1) is 0 Å². The van der Waals surface area contributed by atoms with Crippen LogP contribution in [0.25, 0.3) is 0 Å². The Kier molecular flexibility index (Phi) is 4.89. The van der Waals surface area contributed by atoms with E-state index in [0.717, 1.165) is 12.8 Å². The lowest BCUT2D eigenvalue weighted by Crippen LogP contribution is -2.15. The predicted molar refractivity (Wildman–Crippen MR) is 28.6 cm³/mol. The molecule has 0 aliphatic rings. The molecule has 0 rings (SSSR count). The van der Waals surface area contributed by atoms with Gasteiger partial charge in [0.25, 0.3) is 0 Å². The summed E-state index contributed by atoms with van der Waals surface area (Å²) >= 11 is 0. The van der Waals surface area contributed by atoms with E-state index in [-0.39, 0.29) is 11.8 Å². The minimum Gasteiger partial charge on any atom is -0.330 e. The van der Waals surface area contributed by atoms with E-state index >= 15 is 0 Å². The minimum absolute atomic E-state index is 0.176. The first-order valence-corrected chi connectivity index (χ1v) is 2.62. The maximum absolute atomic E-state index is 8.13. The Morgan fingerprint density at radius 1 is 1.25 bits per heavy atom. The van der Waals surface area contributed by atoms with Gasteiger partial charge in [0.2, 0.25) is 0 Å². The second-order valence-electron chi connectivity index (χ2n) is 1.59. The van der Waals surface area contributed by atoms with Crippen LogP contribution in [0.2, 0.25) is 0 Å². The SMILES string of the molecule is NCCCCN(O)O. The first-order valence-electron chi connectivity index (χ1n) is 2.62. The lowest BCUT2D eigenvalue weighted by molar-refractivity contribution is -0.306. The Morgan fingerprint density at radius 3 is 2.25 bits per heavy atom. The largest absolute Gasteiger partial charge is 0.330 e. The highest BCUT2D eigenvalue weighted by Gasteiger charge is 1.90. The molecule has 50 valence electrons. The van der Waals surface area contributed by atoms with Crippen molar-refractivity contribution in [2.45, 2.75) is 12.8 Å². The van der Waals surface area contributed by atoms with E-state index in [2.05, 4.69) is 0 Å². The van der Waals surface area contributed by atoms with Gasteiger partial charge in [0.15, 0.2) is 0 Å². The third-order valence-corrected chi connectivity index (χ3v) is 0.812. The van der Waals surface area contributed by atoms with Crippen molar-refractivity contribution in [1.29, 1.82) is 0 Å².